The van der Waals surface area contributed by atoms with Gasteiger partial charge in [0.25, 0.3) is 5.91 Å². The van der Waals surface area contributed by atoms with Crippen molar-refractivity contribution in [1.82, 2.24) is 5.32 Å². The zero-order valence-electron chi connectivity index (χ0n) is 13.9. The molecule has 4 rings (SSSR count). The molecule has 2 aliphatic heterocycles. The Morgan fingerprint density at radius 1 is 1.23 bits per heavy atom. The Morgan fingerprint density at radius 3 is 2.81 bits per heavy atom. The maximum atomic E-state index is 12.3. The van der Waals surface area contributed by atoms with Crippen molar-refractivity contribution >= 4 is 34.8 Å². The van der Waals surface area contributed by atoms with Crippen LogP contribution < -0.4 is 20.3 Å². The first-order valence-electron chi connectivity index (χ1n) is 8.44. The molecule has 26 heavy (non-hydrogen) atoms. The molecule has 134 valence electrons. The SMILES string of the molecule is O=C(COc1ccc(Cl)cc1)N[C@@H]1C[C@H]2C(=O)Nc3ccccc3N2C1. The minimum atomic E-state index is -0.257. The highest BCUT2D eigenvalue weighted by molar-refractivity contribution is 6.30. The molecule has 0 aliphatic carbocycles. The fraction of sp³-hybridized carbons (Fsp3) is 0.263. The first-order chi connectivity index (χ1) is 12.6. The van der Waals surface area contributed by atoms with Gasteiger partial charge in [-0.25, -0.2) is 0 Å². The van der Waals surface area contributed by atoms with E-state index >= 15 is 0 Å². The van der Waals surface area contributed by atoms with Gasteiger partial charge in [0, 0.05) is 17.6 Å². The Morgan fingerprint density at radius 2 is 2.00 bits per heavy atom. The monoisotopic (exact) mass is 371 g/mol. The smallest absolute Gasteiger partial charge is 0.258 e. The van der Waals surface area contributed by atoms with E-state index in [-0.39, 0.29) is 30.5 Å². The average molecular weight is 372 g/mol. The van der Waals surface area contributed by atoms with Crippen LogP contribution in [0.2, 0.25) is 5.02 Å². The van der Waals surface area contributed by atoms with E-state index in [1.807, 2.05) is 24.3 Å². The van der Waals surface area contributed by atoms with E-state index < -0.39 is 0 Å². The largest absolute Gasteiger partial charge is 0.484 e. The van der Waals surface area contributed by atoms with Crippen molar-refractivity contribution in [1.29, 1.82) is 0 Å². The molecule has 1 fully saturated rings. The highest BCUT2D eigenvalue weighted by atomic mass is 35.5. The Balaban J connectivity index is 1.36. The number of halogens is 1. The van der Waals surface area contributed by atoms with Crippen LogP contribution in [-0.4, -0.2) is 37.0 Å². The number of anilines is 2. The van der Waals surface area contributed by atoms with Gasteiger partial charge in [0.15, 0.2) is 6.61 Å². The normalized spacial score (nSPS) is 20.8. The van der Waals surface area contributed by atoms with E-state index in [9.17, 15) is 9.59 Å². The lowest BCUT2D eigenvalue weighted by molar-refractivity contribution is -0.124. The summed E-state index contributed by atoms with van der Waals surface area (Å²) in [7, 11) is 0. The van der Waals surface area contributed by atoms with Crippen LogP contribution in [0.4, 0.5) is 11.4 Å². The first kappa shape index (κ1) is 16.7. The van der Waals surface area contributed by atoms with Crippen LogP contribution in [0, 0.1) is 0 Å². The molecule has 0 aromatic heterocycles. The van der Waals surface area contributed by atoms with Crippen molar-refractivity contribution in [3.8, 4) is 5.75 Å². The molecule has 2 aliphatic rings. The van der Waals surface area contributed by atoms with Gasteiger partial charge >= 0.3 is 0 Å². The van der Waals surface area contributed by atoms with Gasteiger partial charge < -0.3 is 20.3 Å². The second-order valence-electron chi connectivity index (χ2n) is 6.42. The molecule has 6 nitrogen and oxygen atoms in total. The van der Waals surface area contributed by atoms with Gasteiger partial charge in [-0.05, 0) is 42.8 Å². The molecule has 0 saturated carbocycles. The van der Waals surface area contributed by atoms with Crippen molar-refractivity contribution in [2.45, 2.75) is 18.5 Å². The van der Waals surface area contributed by atoms with E-state index in [1.54, 1.807) is 24.3 Å². The lowest BCUT2D eigenvalue weighted by Crippen LogP contribution is -2.44. The summed E-state index contributed by atoms with van der Waals surface area (Å²) < 4.78 is 5.47. The van der Waals surface area contributed by atoms with E-state index in [0.29, 0.717) is 23.7 Å². The number of nitrogens with zero attached hydrogens (tertiary/aromatic N) is 1. The van der Waals surface area contributed by atoms with Gasteiger partial charge in [0.2, 0.25) is 5.91 Å². The third kappa shape index (κ3) is 3.32. The molecule has 2 aromatic carbocycles. The van der Waals surface area contributed by atoms with E-state index in [0.717, 1.165) is 11.4 Å². The quantitative estimate of drug-likeness (QED) is 0.866. The van der Waals surface area contributed by atoms with Gasteiger partial charge in [-0.3, -0.25) is 9.59 Å². The molecule has 0 spiro atoms. The predicted octanol–water partition coefficient (Wildman–Crippen LogP) is 2.43. The summed E-state index contributed by atoms with van der Waals surface area (Å²) in [6, 6.07) is 14.2. The molecule has 2 amide bonds. The average Bonchev–Trinajstić information content (AvgIpc) is 3.06. The molecular formula is C19H18ClN3O3. The summed E-state index contributed by atoms with van der Waals surface area (Å²) in [6.45, 7) is 0.521. The standard InChI is InChI=1S/C19H18ClN3O3/c20-12-5-7-14(8-6-12)26-11-18(24)21-13-9-17-19(25)22-15-3-1-2-4-16(15)23(17)10-13/h1-8,13,17H,9-11H2,(H,21,24)(H,22,25)/t13-,17+/m1/s1. The summed E-state index contributed by atoms with van der Waals surface area (Å²) in [5, 5.41) is 6.50. The van der Waals surface area contributed by atoms with Crippen LogP contribution in [0.25, 0.3) is 0 Å². The second kappa shape index (κ2) is 6.88. The van der Waals surface area contributed by atoms with E-state index in [4.69, 9.17) is 16.3 Å². The fourth-order valence-electron chi connectivity index (χ4n) is 3.45. The van der Waals surface area contributed by atoms with Crippen LogP contribution in [0.3, 0.4) is 0 Å². The minimum Gasteiger partial charge on any atom is -0.484 e. The Hall–Kier alpha value is -2.73. The molecule has 0 unspecified atom stereocenters. The predicted molar refractivity (Wildman–Crippen MR) is 99.7 cm³/mol. The number of carbonyl (C=O) groups is 2. The number of ether oxygens (including phenoxy) is 1. The van der Waals surface area contributed by atoms with Crippen LogP contribution >= 0.6 is 11.6 Å². The topological polar surface area (TPSA) is 70.7 Å². The molecule has 2 heterocycles. The summed E-state index contributed by atoms with van der Waals surface area (Å²) >= 11 is 5.82. The van der Waals surface area contributed by atoms with Crippen LogP contribution in [0.15, 0.2) is 48.5 Å². The first-order valence-corrected chi connectivity index (χ1v) is 8.82. The third-order valence-corrected chi connectivity index (χ3v) is 4.88. The Bertz CT molecular complexity index is 840. The summed E-state index contributed by atoms with van der Waals surface area (Å²) in [5.74, 6) is 0.345. The number of carbonyl (C=O) groups excluding carboxylic acids is 2. The lowest BCUT2D eigenvalue weighted by atomic mass is 10.1. The maximum Gasteiger partial charge on any atom is 0.258 e. The van der Waals surface area contributed by atoms with Gasteiger partial charge in [-0.15, -0.1) is 0 Å². The van der Waals surface area contributed by atoms with Gasteiger partial charge in [-0.2, -0.15) is 0 Å². The summed E-state index contributed by atoms with van der Waals surface area (Å²) in [5.41, 5.74) is 1.80. The van der Waals surface area contributed by atoms with Gasteiger partial charge in [-0.1, -0.05) is 23.7 Å². The van der Waals surface area contributed by atoms with Crippen molar-refractivity contribution < 1.29 is 14.3 Å². The number of nitrogens with one attached hydrogen (secondary N) is 2. The van der Waals surface area contributed by atoms with E-state index in [2.05, 4.69) is 15.5 Å². The van der Waals surface area contributed by atoms with Crippen molar-refractivity contribution in [3.05, 3.63) is 53.6 Å². The molecule has 0 bridgehead atoms. The lowest BCUT2D eigenvalue weighted by Gasteiger charge is -2.32. The number of hydrogen-bond donors (Lipinski definition) is 2. The van der Waals surface area contributed by atoms with Crippen molar-refractivity contribution in [3.63, 3.8) is 0 Å². The number of rotatable bonds is 4. The maximum absolute atomic E-state index is 12.3. The molecule has 0 radical (unpaired) electrons. The van der Waals surface area contributed by atoms with Gasteiger partial charge in [0.1, 0.15) is 11.8 Å². The Kier molecular flexibility index (Phi) is 4.42. The molecule has 2 N–H and O–H groups in total. The molecule has 1 saturated heterocycles. The summed E-state index contributed by atoms with van der Waals surface area (Å²) in [4.78, 5) is 26.6. The van der Waals surface area contributed by atoms with Crippen molar-refractivity contribution in [2.75, 3.05) is 23.4 Å². The van der Waals surface area contributed by atoms with Gasteiger partial charge in [0.05, 0.1) is 11.4 Å². The number of fused-ring (bicyclic) bond motifs is 3. The highest BCUT2D eigenvalue weighted by Gasteiger charge is 2.41. The minimum absolute atomic E-state index is 0.0298. The van der Waals surface area contributed by atoms with Crippen molar-refractivity contribution in [2.24, 2.45) is 0 Å². The number of hydrogen-bond acceptors (Lipinski definition) is 4. The zero-order valence-corrected chi connectivity index (χ0v) is 14.7. The molecular weight excluding hydrogens is 354 g/mol. The highest BCUT2D eigenvalue weighted by Crippen LogP contribution is 2.36. The van der Waals surface area contributed by atoms with Crippen LogP contribution in [0.5, 0.6) is 5.75 Å². The molecule has 7 heteroatoms. The van der Waals surface area contributed by atoms with Crippen LogP contribution in [-0.2, 0) is 9.59 Å². The fourth-order valence-corrected chi connectivity index (χ4v) is 3.58. The second-order valence-corrected chi connectivity index (χ2v) is 6.85. The Labute approximate surface area is 156 Å². The third-order valence-electron chi connectivity index (χ3n) is 4.62. The molecule has 2 atom stereocenters. The van der Waals surface area contributed by atoms with Crippen LogP contribution in [0.1, 0.15) is 6.42 Å². The zero-order chi connectivity index (χ0) is 18.1. The molecule has 2 aromatic rings. The summed E-state index contributed by atoms with van der Waals surface area (Å²) in [6.07, 6.45) is 0.576. The number of benzene rings is 2. The number of amides is 2. The number of para-hydroxylation sites is 2. The van der Waals surface area contributed by atoms with E-state index in [1.165, 1.54) is 0 Å².